The molecule has 1 aliphatic rings. The van der Waals surface area contributed by atoms with Gasteiger partial charge >= 0.3 is 0 Å². The molecule has 1 aromatic rings. The highest BCUT2D eigenvalue weighted by atomic mass is 32.2. The van der Waals surface area contributed by atoms with Crippen molar-refractivity contribution in [2.75, 3.05) is 26.7 Å². The molecule has 1 heterocycles. The van der Waals surface area contributed by atoms with E-state index in [0.717, 1.165) is 13.0 Å². The van der Waals surface area contributed by atoms with Gasteiger partial charge in [-0.1, -0.05) is 13.0 Å². The highest BCUT2D eigenvalue weighted by Gasteiger charge is 2.27. The number of β-amino-alcohol motifs (C(OH)–C–C–N with tert-alkyl or cyclic N) is 1. The van der Waals surface area contributed by atoms with Crippen LogP contribution in [0, 0.1) is 5.92 Å². The van der Waals surface area contributed by atoms with E-state index < -0.39 is 16.1 Å². The van der Waals surface area contributed by atoms with Crippen LogP contribution in [0.25, 0.3) is 0 Å². The molecule has 0 saturated carbocycles. The molecule has 6 nitrogen and oxygen atoms in total. The summed E-state index contributed by atoms with van der Waals surface area (Å²) in [7, 11) is -2.17. The van der Waals surface area contributed by atoms with Crippen LogP contribution in [0.2, 0.25) is 0 Å². The van der Waals surface area contributed by atoms with Gasteiger partial charge in [-0.15, -0.1) is 0 Å². The van der Waals surface area contributed by atoms with Crippen molar-refractivity contribution in [3.05, 3.63) is 24.3 Å². The third-order valence-electron chi connectivity index (χ3n) is 4.22. The molecule has 1 aliphatic heterocycles. The molecular formula is C16H26N2O4S. The van der Waals surface area contributed by atoms with Crippen molar-refractivity contribution < 1.29 is 18.3 Å². The van der Waals surface area contributed by atoms with E-state index in [0.29, 0.717) is 24.3 Å². The van der Waals surface area contributed by atoms with Crippen LogP contribution in [-0.4, -0.2) is 57.3 Å². The Labute approximate surface area is 138 Å². The van der Waals surface area contributed by atoms with Crippen molar-refractivity contribution in [2.24, 2.45) is 5.92 Å². The molecule has 1 saturated heterocycles. The largest absolute Gasteiger partial charge is 0.497 e. The normalized spacial score (nSPS) is 23.8. The minimum Gasteiger partial charge on any atom is -0.497 e. The van der Waals surface area contributed by atoms with Gasteiger partial charge in [0.15, 0.2) is 0 Å². The first kappa shape index (κ1) is 18.2. The molecule has 2 rings (SSSR count). The monoisotopic (exact) mass is 342 g/mol. The average Bonchev–Trinajstić information content (AvgIpc) is 2.83. The van der Waals surface area contributed by atoms with E-state index in [9.17, 15) is 13.5 Å². The van der Waals surface area contributed by atoms with Crippen LogP contribution < -0.4 is 9.46 Å². The maximum absolute atomic E-state index is 12.3. The van der Waals surface area contributed by atoms with Gasteiger partial charge in [-0.3, -0.25) is 4.90 Å². The van der Waals surface area contributed by atoms with E-state index in [1.807, 2.05) is 0 Å². The summed E-state index contributed by atoms with van der Waals surface area (Å²) in [6.45, 7) is 5.75. The molecule has 1 aromatic carbocycles. The third-order valence-corrected chi connectivity index (χ3v) is 5.64. The maximum atomic E-state index is 12.3. The second-order valence-electron chi connectivity index (χ2n) is 6.33. The Balaban J connectivity index is 1.91. The Morgan fingerprint density at radius 3 is 2.78 bits per heavy atom. The van der Waals surface area contributed by atoms with E-state index in [4.69, 9.17) is 4.74 Å². The van der Waals surface area contributed by atoms with Crippen LogP contribution in [0.15, 0.2) is 29.2 Å². The molecule has 1 fully saturated rings. The topological polar surface area (TPSA) is 78.9 Å². The smallest absolute Gasteiger partial charge is 0.240 e. The van der Waals surface area contributed by atoms with Crippen LogP contribution in [-0.2, 0) is 10.0 Å². The van der Waals surface area contributed by atoms with Crippen LogP contribution >= 0.6 is 0 Å². The van der Waals surface area contributed by atoms with E-state index in [-0.39, 0.29) is 11.4 Å². The molecule has 3 atom stereocenters. The molecule has 130 valence electrons. The number of hydrogen-bond donors (Lipinski definition) is 2. The zero-order valence-electron chi connectivity index (χ0n) is 13.9. The molecule has 0 radical (unpaired) electrons. The molecule has 23 heavy (non-hydrogen) atoms. The van der Waals surface area contributed by atoms with Crippen LogP contribution in [0.5, 0.6) is 5.75 Å². The summed E-state index contributed by atoms with van der Waals surface area (Å²) in [5.74, 6) is 1.10. The molecule has 0 aromatic heterocycles. The number of benzene rings is 1. The summed E-state index contributed by atoms with van der Waals surface area (Å²) < 4.78 is 32.0. The average molecular weight is 342 g/mol. The highest BCUT2D eigenvalue weighted by molar-refractivity contribution is 7.89. The Bertz CT molecular complexity index is 620. The predicted octanol–water partition coefficient (Wildman–Crippen LogP) is 1.06. The summed E-state index contributed by atoms with van der Waals surface area (Å²) in [4.78, 5) is 2.34. The maximum Gasteiger partial charge on any atom is 0.240 e. The quantitative estimate of drug-likeness (QED) is 0.775. The number of likely N-dealkylation sites (tertiary alicyclic amines) is 1. The zero-order valence-corrected chi connectivity index (χ0v) is 14.7. The van der Waals surface area contributed by atoms with Gasteiger partial charge in [0.1, 0.15) is 5.75 Å². The SMILES string of the molecule is COc1cccc(S(=O)(=O)NCC(O)CN2CC(C)CC2C)c1. The predicted molar refractivity (Wildman–Crippen MR) is 89.0 cm³/mol. The number of methoxy groups -OCH3 is 1. The molecular weight excluding hydrogens is 316 g/mol. The third kappa shape index (κ3) is 4.91. The van der Waals surface area contributed by atoms with Crippen LogP contribution in [0.1, 0.15) is 20.3 Å². The van der Waals surface area contributed by atoms with Gasteiger partial charge < -0.3 is 9.84 Å². The lowest BCUT2D eigenvalue weighted by Crippen LogP contribution is -2.41. The summed E-state index contributed by atoms with van der Waals surface area (Å²) >= 11 is 0. The first-order chi connectivity index (χ1) is 10.8. The van der Waals surface area contributed by atoms with Gasteiger partial charge in [0.2, 0.25) is 10.0 Å². The van der Waals surface area contributed by atoms with Gasteiger partial charge in [0.25, 0.3) is 0 Å². The van der Waals surface area contributed by atoms with Crippen molar-refractivity contribution in [1.29, 1.82) is 0 Å². The van der Waals surface area contributed by atoms with Gasteiger partial charge in [-0.25, -0.2) is 13.1 Å². The number of nitrogens with one attached hydrogen (secondary N) is 1. The van der Waals surface area contributed by atoms with Crippen molar-refractivity contribution >= 4 is 10.0 Å². The van der Waals surface area contributed by atoms with Gasteiger partial charge in [0, 0.05) is 31.7 Å². The van der Waals surface area contributed by atoms with Crippen molar-refractivity contribution in [3.63, 3.8) is 0 Å². The number of aliphatic hydroxyl groups excluding tert-OH is 1. The second kappa shape index (κ2) is 7.61. The molecule has 2 N–H and O–H groups in total. The fourth-order valence-electron chi connectivity index (χ4n) is 3.03. The number of hydrogen-bond acceptors (Lipinski definition) is 5. The summed E-state index contributed by atoms with van der Waals surface area (Å²) in [6.07, 6.45) is 0.380. The van der Waals surface area contributed by atoms with Gasteiger partial charge in [-0.05, 0) is 31.4 Å². The lowest BCUT2D eigenvalue weighted by Gasteiger charge is -2.24. The van der Waals surface area contributed by atoms with Crippen molar-refractivity contribution in [2.45, 2.75) is 37.3 Å². The fraction of sp³-hybridized carbons (Fsp3) is 0.625. The standard InChI is InChI=1S/C16H26N2O4S/c1-12-7-13(2)18(10-12)11-14(19)9-17-23(20,21)16-6-4-5-15(8-16)22-3/h4-6,8,12-14,17,19H,7,9-11H2,1-3H3. The Hall–Kier alpha value is -1.15. The summed E-state index contributed by atoms with van der Waals surface area (Å²) in [5.41, 5.74) is 0. The lowest BCUT2D eigenvalue weighted by molar-refractivity contribution is 0.111. The zero-order chi connectivity index (χ0) is 17.0. The number of ether oxygens (including phenoxy) is 1. The number of nitrogens with zero attached hydrogens (tertiary/aromatic N) is 1. The van der Waals surface area contributed by atoms with E-state index >= 15 is 0 Å². The molecule has 0 aliphatic carbocycles. The van der Waals surface area contributed by atoms with Gasteiger partial charge in [0.05, 0.1) is 18.1 Å². The number of rotatable bonds is 7. The Kier molecular flexibility index (Phi) is 6.02. The van der Waals surface area contributed by atoms with E-state index in [2.05, 4.69) is 23.5 Å². The second-order valence-corrected chi connectivity index (χ2v) is 8.10. The number of sulfonamides is 1. The minimum atomic E-state index is -3.65. The highest BCUT2D eigenvalue weighted by Crippen LogP contribution is 2.22. The van der Waals surface area contributed by atoms with Gasteiger partial charge in [-0.2, -0.15) is 0 Å². The summed E-state index contributed by atoms with van der Waals surface area (Å²) in [5, 5.41) is 10.1. The molecule has 0 spiro atoms. The Morgan fingerprint density at radius 1 is 1.43 bits per heavy atom. The lowest BCUT2D eigenvalue weighted by atomic mass is 10.1. The van der Waals surface area contributed by atoms with Crippen LogP contribution in [0.4, 0.5) is 0 Å². The molecule has 0 amide bonds. The molecule has 0 bridgehead atoms. The minimum absolute atomic E-state index is 0.00283. The first-order valence-electron chi connectivity index (χ1n) is 7.87. The van der Waals surface area contributed by atoms with Crippen molar-refractivity contribution in [3.8, 4) is 5.75 Å². The molecule has 3 unspecified atom stereocenters. The van der Waals surface area contributed by atoms with E-state index in [1.54, 1.807) is 12.1 Å². The Morgan fingerprint density at radius 2 is 2.17 bits per heavy atom. The summed E-state index contributed by atoms with van der Waals surface area (Å²) in [6, 6.07) is 6.69. The van der Waals surface area contributed by atoms with Crippen LogP contribution in [0.3, 0.4) is 0 Å². The van der Waals surface area contributed by atoms with E-state index in [1.165, 1.54) is 19.2 Å². The number of aliphatic hydroxyl groups is 1. The first-order valence-corrected chi connectivity index (χ1v) is 9.36. The molecule has 7 heteroatoms. The van der Waals surface area contributed by atoms with Crippen molar-refractivity contribution in [1.82, 2.24) is 9.62 Å². The fourth-order valence-corrected chi connectivity index (χ4v) is 4.14.